The van der Waals surface area contributed by atoms with E-state index in [-0.39, 0.29) is 11.7 Å². The van der Waals surface area contributed by atoms with Gasteiger partial charge in [-0.1, -0.05) is 6.07 Å². The molecule has 2 aromatic rings. The fourth-order valence-electron chi connectivity index (χ4n) is 2.79. The Morgan fingerprint density at radius 1 is 1.08 bits per heavy atom. The number of esters is 1. The summed E-state index contributed by atoms with van der Waals surface area (Å²) in [7, 11) is 0. The molecule has 1 aliphatic rings. The molecule has 2 aromatic heterocycles. The van der Waals surface area contributed by atoms with Crippen molar-refractivity contribution in [2.45, 2.75) is 6.92 Å². The van der Waals surface area contributed by atoms with Crippen molar-refractivity contribution in [1.29, 1.82) is 0 Å². The maximum Gasteiger partial charge on any atom is 0.354 e. The van der Waals surface area contributed by atoms with Crippen LogP contribution in [0.15, 0.2) is 36.5 Å². The van der Waals surface area contributed by atoms with Crippen LogP contribution < -0.4 is 9.80 Å². The molecule has 1 aliphatic heterocycles. The number of carboxylic acid groups (broad SMARTS) is 1. The van der Waals surface area contributed by atoms with Crippen LogP contribution in [0.2, 0.25) is 0 Å². The van der Waals surface area contributed by atoms with Crippen molar-refractivity contribution in [3.8, 4) is 0 Å². The first-order valence-electron chi connectivity index (χ1n) is 8.42. The molecule has 8 nitrogen and oxygen atoms in total. The molecule has 1 saturated heterocycles. The zero-order valence-corrected chi connectivity index (χ0v) is 14.5. The Hall–Kier alpha value is -3.16. The molecule has 0 amide bonds. The smallest absolute Gasteiger partial charge is 0.354 e. The summed E-state index contributed by atoms with van der Waals surface area (Å²) in [5, 5.41) is 9.06. The van der Waals surface area contributed by atoms with E-state index in [1.54, 1.807) is 19.1 Å². The highest BCUT2D eigenvalue weighted by atomic mass is 16.5. The number of ether oxygens (including phenoxy) is 1. The third-order valence-corrected chi connectivity index (χ3v) is 4.14. The molecular formula is C18H20N4O4. The van der Waals surface area contributed by atoms with Crippen LogP contribution in [-0.4, -0.2) is 59.8 Å². The van der Waals surface area contributed by atoms with Gasteiger partial charge < -0.3 is 19.6 Å². The molecular weight excluding hydrogens is 336 g/mol. The largest absolute Gasteiger partial charge is 0.477 e. The van der Waals surface area contributed by atoms with Gasteiger partial charge in [0.25, 0.3) is 0 Å². The number of nitrogens with zero attached hydrogens (tertiary/aromatic N) is 4. The molecule has 1 fully saturated rings. The fourth-order valence-corrected chi connectivity index (χ4v) is 2.79. The average Bonchev–Trinajstić information content (AvgIpc) is 2.68. The third-order valence-electron chi connectivity index (χ3n) is 4.14. The number of anilines is 2. The molecule has 0 saturated carbocycles. The first kappa shape index (κ1) is 17.7. The van der Waals surface area contributed by atoms with Gasteiger partial charge >= 0.3 is 11.9 Å². The number of piperazine rings is 1. The Bertz CT molecular complexity index is 786. The van der Waals surface area contributed by atoms with E-state index in [1.807, 2.05) is 12.1 Å². The summed E-state index contributed by atoms with van der Waals surface area (Å²) in [6, 6.07) is 8.52. The Labute approximate surface area is 151 Å². The topological polar surface area (TPSA) is 95.9 Å². The zero-order chi connectivity index (χ0) is 18.5. The number of carbonyl (C=O) groups excluding carboxylic acids is 1. The summed E-state index contributed by atoms with van der Waals surface area (Å²) >= 11 is 0. The second kappa shape index (κ2) is 7.81. The van der Waals surface area contributed by atoms with E-state index in [4.69, 9.17) is 9.84 Å². The van der Waals surface area contributed by atoms with Crippen molar-refractivity contribution in [3.63, 3.8) is 0 Å². The van der Waals surface area contributed by atoms with E-state index in [0.29, 0.717) is 31.1 Å². The van der Waals surface area contributed by atoms with E-state index in [1.165, 1.54) is 12.3 Å². The third kappa shape index (κ3) is 3.90. The van der Waals surface area contributed by atoms with Crippen LogP contribution in [0.3, 0.4) is 0 Å². The van der Waals surface area contributed by atoms with Gasteiger partial charge in [-0.05, 0) is 31.2 Å². The van der Waals surface area contributed by atoms with Crippen molar-refractivity contribution in [3.05, 3.63) is 47.8 Å². The van der Waals surface area contributed by atoms with Crippen LogP contribution in [0.5, 0.6) is 0 Å². The second-order valence-corrected chi connectivity index (χ2v) is 5.79. The molecule has 0 spiro atoms. The first-order valence-corrected chi connectivity index (χ1v) is 8.42. The van der Waals surface area contributed by atoms with Crippen molar-refractivity contribution >= 4 is 23.6 Å². The van der Waals surface area contributed by atoms with Crippen molar-refractivity contribution in [2.75, 3.05) is 42.6 Å². The highest BCUT2D eigenvalue weighted by Crippen LogP contribution is 2.18. The van der Waals surface area contributed by atoms with E-state index in [9.17, 15) is 9.59 Å². The van der Waals surface area contributed by atoms with Crippen molar-refractivity contribution in [1.82, 2.24) is 9.97 Å². The molecule has 0 aromatic carbocycles. The van der Waals surface area contributed by atoms with Gasteiger partial charge in [0.2, 0.25) is 0 Å². The molecule has 8 heteroatoms. The van der Waals surface area contributed by atoms with Crippen molar-refractivity contribution < 1.29 is 19.4 Å². The van der Waals surface area contributed by atoms with Gasteiger partial charge in [-0.25, -0.2) is 19.6 Å². The molecule has 3 rings (SSSR count). The SMILES string of the molecule is CCOC(=O)c1ccc(N2CCN(c3cccc(C(=O)O)n3)CC2)nc1. The number of carboxylic acids is 1. The lowest BCUT2D eigenvalue weighted by atomic mass is 10.2. The minimum atomic E-state index is -1.03. The van der Waals surface area contributed by atoms with Crippen LogP contribution in [-0.2, 0) is 4.74 Å². The summed E-state index contributed by atoms with van der Waals surface area (Å²) in [4.78, 5) is 35.4. The summed E-state index contributed by atoms with van der Waals surface area (Å²) in [5.74, 6) is 0.0530. The number of rotatable bonds is 5. The lowest BCUT2D eigenvalue weighted by molar-refractivity contribution is 0.0525. The number of hydrogen-bond donors (Lipinski definition) is 1. The number of carbonyl (C=O) groups is 2. The quantitative estimate of drug-likeness (QED) is 0.809. The monoisotopic (exact) mass is 356 g/mol. The minimum Gasteiger partial charge on any atom is -0.477 e. The van der Waals surface area contributed by atoms with Gasteiger partial charge in [0.05, 0.1) is 12.2 Å². The molecule has 0 aliphatic carbocycles. The van der Waals surface area contributed by atoms with E-state index in [0.717, 1.165) is 18.9 Å². The van der Waals surface area contributed by atoms with Gasteiger partial charge in [0.15, 0.2) is 5.69 Å². The highest BCUT2D eigenvalue weighted by Gasteiger charge is 2.20. The average molecular weight is 356 g/mol. The Kier molecular flexibility index (Phi) is 5.31. The highest BCUT2D eigenvalue weighted by molar-refractivity contribution is 5.89. The molecule has 1 N–H and O–H groups in total. The lowest BCUT2D eigenvalue weighted by Crippen LogP contribution is -2.47. The Balaban J connectivity index is 1.62. The Morgan fingerprint density at radius 3 is 2.35 bits per heavy atom. The minimum absolute atomic E-state index is 0.0427. The van der Waals surface area contributed by atoms with Gasteiger partial charge in [-0.15, -0.1) is 0 Å². The molecule has 26 heavy (non-hydrogen) atoms. The normalized spacial score (nSPS) is 14.2. The summed E-state index contributed by atoms with van der Waals surface area (Å²) < 4.78 is 4.95. The molecule has 3 heterocycles. The maximum atomic E-state index is 11.7. The Morgan fingerprint density at radius 2 is 1.77 bits per heavy atom. The number of aromatic nitrogens is 2. The second-order valence-electron chi connectivity index (χ2n) is 5.79. The first-order chi connectivity index (χ1) is 12.6. The summed E-state index contributed by atoms with van der Waals surface area (Å²) in [6.45, 7) is 4.96. The van der Waals surface area contributed by atoms with Crippen LogP contribution in [0, 0.1) is 0 Å². The predicted octanol–water partition coefficient (Wildman–Crippen LogP) is 1.68. The molecule has 0 unspecified atom stereocenters. The van der Waals surface area contributed by atoms with Crippen LogP contribution >= 0.6 is 0 Å². The van der Waals surface area contributed by atoms with E-state index >= 15 is 0 Å². The molecule has 0 atom stereocenters. The van der Waals surface area contributed by atoms with Crippen LogP contribution in [0.1, 0.15) is 27.8 Å². The van der Waals surface area contributed by atoms with Gasteiger partial charge in [0, 0.05) is 32.4 Å². The van der Waals surface area contributed by atoms with Gasteiger partial charge in [-0.3, -0.25) is 0 Å². The van der Waals surface area contributed by atoms with Crippen molar-refractivity contribution in [2.24, 2.45) is 0 Å². The lowest BCUT2D eigenvalue weighted by Gasteiger charge is -2.36. The molecule has 136 valence electrons. The zero-order valence-electron chi connectivity index (χ0n) is 14.5. The van der Waals surface area contributed by atoms with E-state index < -0.39 is 5.97 Å². The fraction of sp³-hybridized carbons (Fsp3) is 0.333. The number of aromatic carboxylic acids is 1. The molecule has 0 radical (unpaired) electrons. The van der Waals surface area contributed by atoms with Gasteiger partial charge in [-0.2, -0.15) is 0 Å². The number of pyridine rings is 2. The number of hydrogen-bond acceptors (Lipinski definition) is 7. The predicted molar refractivity (Wildman–Crippen MR) is 95.8 cm³/mol. The molecule has 0 bridgehead atoms. The van der Waals surface area contributed by atoms with E-state index in [2.05, 4.69) is 19.8 Å². The summed E-state index contributed by atoms with van der Waals surface area (Å²) in [5.41, 5.74) is 0.477. The van der Waals surface area contributed by atoms with Crippen LogP contribution in [0.4, 0.5) is 11.6 Å². The van der Waals surface area contributed by atoms with Crippen LogP contribution in [0.25, 0.3) is 0 Å². The van der Waals surface area contributed by atoms with Gasteiger partial charge in [0.1, 0.15) is 11.6 Å². The maximum absolute atomic E-state index is 11.7. The summed E-state index contributed by atoms with van der Waals surface area (Å²) in [6.07, 6.45) is 1.53. The standard InChI is InChI=1S/C18H20N4O4/c1-2-26-18(25)13-6-7-15(19-12-13)21-8-10-22(11-9-21)16-5-3-4-14(20-16)17(23)24/h3-7,12H,2,8-11H2,1H3,(H,23,24).